The van der Waals surface area contributed by atoms with Crippen LogP contribution in [0.5, 0.6) is 5.75 Å². The monoisotopic (exact) mass is 475 g/mol. The molecule has 1 fully saturated rings. The number of thioether (sulfide) groups is 1. The van der Waals surface area contributed by atoms with Crippen molar-refractivity contribution in [2.45, 2.75) is 24.6 Å². The molecule has 4 atom stereocenters. The maximum absolute atomic E-state index is 13.5. The van der Waals surface area contributed by atoms with Gasteiger partial charge in [0.2, 0.25) is 5.82 Å². The minimum absolute atomic E-state index is 0.208. The second-order valence-electron chi connectivity index (χ2n) is 6.32. The Labute approximate surface area is 179 Å². The van der Waals surface area contributed by atoms with Crippen molar-refractivity contribution in [3.63, 3.8) is 0 Å². The average molecular weight is 475 g/mol. The lowest BCUT2D eigenvalue weighted by molar-refractivity contribution is -0.148. The Kier molecular flexibility index (Phi) is 7.68. The number of para-hydroxylation sites is 1. The van der Waals surface area contributed by atoms with Crippen LogP contribution < -0.4 is 16.1 Å². The Balaban J connectivity index is 1.62. The van der Waals surface area contributed by atoms with E-state index >= 15 is 0 Å². The van der Waals surface area contributed by atoms with E-state index in [0.717, 1.165) is 15.6 Å². The van der Waals surface area contributed by atoms with Crippen molar-refractivity contribution in [3.05, 3.63) is 63.2 Å². The van der Waals surface area contributed by atoms with E-state index in [1.807, 2.05) is 4.98 Å². The summed E-state index contributed by atoms with van der Waals surface area (Å²) in [4.78, 5) is 42.4. The number of nitrogens with one attached hydrogen (secondary N) is 1. The number of benzene rings is 1. The molecule has 0 spiro atoms. The van der Waals surface area contributed by atoms with Crippen LogP contribution in [0.1, 0.15) is 13.2 Å². The molecule has 168 valence electrons. The number of nitrogens with zero attached hydrogens (tertiary/aromatic N) is 2. The molecule has 0 amide bonds. The summed E-state index contributed by atoms with van der Waals surface area (Å²) in [6, 6.07) is 6.95. The van der Waals surface area contributed by atoms with Gasteiger partial charge in [0.15, 0.2) is 0 Å². The summed E-state index contributed by atoms with van der Waals surface area (Å²) in [7, 11) is -3.15. The first kappa shape index (κ1) is 23.2. The van der Waals surface area contributed by atoms with E-state index in [1.165, 1.54) is 18.7 Å². The smallest absolute Gasteiger partial charge is 0.330 e. The van der Waals surface area contributed by atoms with Gasteiger partial charge in [-0.15, -0.1) is 11.8 Å². The molecule has 1 aromatic carbocycles. The van der Waals surface area contributed by atoms with Gasteiger partial charge in [-0.25, -0.2) is 4.79 Å². The lowest BCUT2D eigenvalue weighted by Gasteiger charge is -2.25. The Bertz CT molecular complexity index is 1070. The van der Waals surface area contributed by atoms with E-state index < -0.39 is 48.9 Å². The van der Waals surface area contributed by atoms with E-state index in [0.29, 0.717) is 0 Å². The van der Waals surface area contributed by atoms with Gasteiger partial charge in [0.25, 0.3) is 13.7 Å². The quantitative estimate of drug-likeness (QED) is 0.404. The summed E-state index contributed by atoms with van der Waals surface area (Å²) < 4.78 is 37.9. The molecular weight excluding hydrogens is 456 g/mol. The molecule has 11 nitrogen and oxygen atoms in total. The molecule has 31 heavy (non-hydrogen) atoms. The molecular formula is C17H19FN3O8PS. The Morgan fingerprint density at radius 2 is 2.16 bits per heavy atom. The third-order valence-corrected chi connectivity index (χ3v) is 6.50. The van der Waals surface area contributed by atoms with E-state index in [1.54, 1.807) is 30.3 Å². The van der Waals surface area contributed by atoms with Gasteiger partial charge in [0.05, 0.1) is 12.8 Å². The largest absolute Gasteiger partial charge is 0.480 e. The van der Waals surface area contributed by atoms with Crippen molar-refractivity contribution in [3.8, 4) is 5.75 Å². The SMILES string of the molecule is CC(C(=O)O)N(Oc1ccccc1)[PH](=O)OC[C@@H]1O[C@H](n2cc(F)c(=O)[nH]c2=O)CS1. The van der Waals surface area contributed by atoms with Crippen LogP contribution in [0.15, 0.2) is 46.1 Å². The first-order chi connectivity index (χ1) is 14.8. The second kappa shape index (κ2) is 10.2. The van der Waals surface area contributed by atoms with E-state index in [4.69, 9.17) is 14.1 Å². The van der Waals surface area contributed by atoms with Crippen molar-refractivity contribution < 1.29 is 33.0 Å². The van der Waals surface area contributed by atoms with Crippen LogP contribution in [-0.2, 0) is 18.6 Å². The molecule has 1 saturated heterocycles. The topological polar surface area (TPSA) is 140 Å². The minimum Gasteiger partial charge on any atom is -0.480 e. The number of carboxylic acids is 1. The number of aromatic nitrogens is 2. The second-order valence-corrected chi connectivity index (χ2v) is 8.77. The molecule has 2 heterocycles. The van der Waals surface area contributed by atoms with Gasteiger partial charge >= 0.3 is 11.7 Å². The number of hydrogen-bond donors (Lipinski definition) is 2. The zero-order chi connectivity index (χ0) is 22.5. The molecule has 0 radical (unpaired) electrons. The standard InChI is InChI=1S/C17H19FN3O8PS/c1-10(16(23)24)21(29-11-5-3-2-4-6-11)30(26)27-8-14-28-13(9-31-14)20-7-12(18)15(22)19-17(20)25/h2-7,10,13-14,30H,8-9H2,1H3,(H,23,24)(H,19,22,25)/t10?,13-,14+/m0/s1. The molecule has 2 aromatic rings. The van der Waals surface area contributed by atoms with Crippen LogP contribution in [0, 0.1) is 5.82 Å². The Morgan fingerprint density at radius 3 is 2.84 bits per heavy atom. The zero-order valence-electron chi connectivity index (χ0n) is 16.1. The van der Waals surface area contributed by atoms with Crippen LogP contribution in [0.2, 0.25) is 0 Å². The highest BCUT2D eigenvalue weighted by Crippen LogP contribution is 2.36. The van der Waals surface area contributed by atoms with E-state index in [9.17, 15) is 28.4 Å². The first-order valence-electron chi connectivity index (χ1n) is 8.96. The van der Waals surface area contributed by atoms with E-state index in [-0.39, 0.29) is 18.1 Å². The summed E-state index contributed by atoms with van der Waals surface area (Å²) in [5, 5.41) is 9.27. The normalized spacial score (nSPS) is 20.5. The van der Waals surface area contributed by atoms with Crippen molar-refractivity contribution in [1.29, 1.82) is 0 Å². The van der Waals surface area contributed by atoms with Gasteiger partial charge < -0.3 is 19.2 Å². The van der Waals surface area contributed by atoms with Gasteiger partial charge in [0.1, 0.15) is 23.5 Å². The van der Waals surface area contributed by atoms with Crippen LogP contribution >= 0.6 is 19.9 Å². The van der Waals surface area contributed by atoms with Gasteiger partial charge in [-0.3, -0.25) is 23.7 Å². The number of aromatic amines is 1. The summed E-state index contributed by atoms with van der Waals surface area (Å²) in [5.41, 5.74) is -2.62. The predicted molar refractivity (Wildman–Crippen MR) is 109 cm³/mol. The Hall–Kier alpha value is -2.44. The molecule has 0 aliphatic carbocycles. The summed E-state index contributed by atoms with van der Waals surface area (Å²) >= 11 is 1.22. The van der Waals surface area contributed by atoms with Gasteiger partial charge in [-0.1, -0.05) is 23.0 Å². The maximum atomic E-state index is 13.5. The maximum Gasteiger partial charge on any atom is 0.330 e. The molecule has 3 rings (SSSR count). The number of carboxylic acid groups (broad SMARTS) is 1. The highest BCUT2D eigenvalue weighted by atomic mass is 32.2. The van der Waals surface area contributed by atoms with Crippen LogP contribution in [0.3, 0.4) is 0 Å². The molecule has 1 aliphatic rings. The number of rotatable bonds is 9. The number of hydrogen-bond acceptors (Lipinski definition) is 8. The fraction of sp³-hybridized carbons (Fsp3) is 0.353. The highest BCUT2D eigenvalue weighted by Gasteiger charge is 2.32. The van der Waals surface area contributed by atoms with Crippen LogP contribution in [0.25, 0.3) is 0 Å². The summed E-state index contributed by atoms with van der Waals surface area (Å²) in [5.74, 6) is -1.86. The van der Waals surface area contributed by atoms with Crippen molar-refractivity contribution >= 4 is 25.9 Å². The number of halogens is 1. The number of aliphatic carboxylic acids is 1. The van der Waals surface area contributed by atoms with Gasteiger partial charge in [-0.2, -0.15) is 4.39 Å². The first-order valence-corrected chi connectivity index (χ1v) is 11.3. The number of ether oxygens (including phenoxy) is 1. The number of carbonyl (C=O) groups is 1. The molecule has 2 unspecified atom stereocenters. The molecule has 0 saturated carbocycles. The van der Waals surface area contributed by atoms with Crippen molar-refractivity contribution in [2.24, 2.45) is 0 Å². The van der Waals surface area contributed by atoms with E-state index in [2.05, 4.69) is 0 Å². The lowest BCUT2D eigenvalue weighted by Crippen LogP contribution is -2.37. The molecule has 1 aliphatic heterocycles. The zero-order valence-corrected chi connectivity index (χ0v) is 17.9. The van der Waals surface area contributed by atoms with Crippen LogP contribution in [0.4, 0.5) is 4.39 Å². The Morgan fingerprint density at radius 1 is 1.45 bits per heavy atom. The third kappa shape index (κ3) is 5.83. The fourth-order valence-corrected chi connectivity index (χ4v) is 4.66. The van der Waals surface area contributed by atoms with Gasteiger partial charge in [0, 0.05) is 5.75 Å². The molecule has 0 bridgehead atoms. The third-order valence-electron chi connectivity index (χ3n) is 4.15. The minimum atomic E-state index is -3.15. The number of H-pyrrole nitrogens is 1. The van der Waals surface area contributed by atoms with Crippen molar-refractivity contribution in [1.82, 2.24) is 14.4 Å². The molecule has 1 aromatic heterocycles. The predicted octanol–water partition coefficient (Wildman–Crippen LogP) is 1.44. The average Bonchev–Trinajstić information content (AvgIpc) is 3.21. The summed E-state index contributed by atoms with van der Waals surface area (Å²) in [6.07, 6.45) is -0.114. The highest BCUT2D eigenvalue weighted by molar-refractivity contribution is 8.00. The summed E-state index contributed by atoms with van der Waals surface area (Å²) in [6.45, 7) is 1.09. The molecule has 2 N–H and O–H groups in total. The lowest BCUT2D eigenvalue weighted by atomic mass is 10.3. The van der Waals surface area contributed by atoms with Crippen LogP contribution in [-0.4, -0.2) is 49.3 Å². The van der Waals surface area contributed by atoms with Crippen molar-refractivity contribution in [2.75, 3.05) is 12.4 Å². The fourth-order valence-electron chi connectivity index (χ4n) is 2.52. The van der Waals surface area contributed by atoms with Gasteiger partial charge in [-0.05, 0) is 19.1 Å². The number of hydroxylamine groups is 1. The molecule has 14 heteroatoms.